The largest absolute Gasteiger partial charge is 0.314 e. The lowest BCUT2D eigenvalue weighted by molar-refractivity contribution is 0.383. The third-order valence-corrected chi connectivity index (χ3v) is 3.88. The lowest BCUT2D eigenvalue weighted by atomic mass is 10.00. The van der Waals surface area contributed by atoms with Crippen LogP contribution in [0.25, 0.3) is 0 Å². The summed E-state index contributed by atoms with van der Waals surface area (Å²) >= 11 is 0. The molecule has 1 N–H and O–H groups in total. The summed E-state index contributed by atoms with van der Waals surface area (Å²) < 4.78 is 1.96. The number of hydrogen-bond donors (Lipinski definition) is 1. The van der Waals surface area contributed by atoms with Gasteiger partial charge in [0.1, 0.15) is 0 Å². The van der Waals surface area contributed by atoms with Gasteiger partial charge in [0.2, 0.25) is 0 Å². The van der Waals surface area contributed by atoms with Gasteiger partial charge >= 0.3 is 0 Å². The number of hydrogen-bond acceptors (Lipinski definition) is 2. The number of rotatable bonds is 5. The molecule has 1 aromatic rings. The molecule has 1 aromatic heterocycles. The quantitative estimate of drug-likeness (QED) is 0.825. The van der Waals surface area contributed by atoms with Gasteiger partial charge in [0, 0.05) is 37.9 Å². The molecule has 0 bridgehead atoms. The average Bonchev–Trinajstić information content (AvgIpc) is 2.90. The summed E-state index contributed by atoms with van der Waals surface area (Å²) in [5.74, 6) is 0.909. The zero-order valence-corrected chi connectivity index (χ0v) is 10.4. The van der Waals surface area contributed by atoms with Gasteiger partial charge in [0.05, 0.1) is 0 Å². The van der Waals surface area contributed by atoms with Crippen LogP contribution in [0.15, 0.2) is 12.3 Å². The van der Waals surface area contributed by atoms with Crippen molar-refractivity contribution in [3.8, 4) is 0 Å². The monoisotopic (exact) mass is 221 g/mol. The van der Waals surface area contributed by atoms with Crippen molar-refractivity contribution in [1.82, 2.24) is 15.1 Å². The Labute approximate surface area is 98.2 Å². The number of aryl methyl sites for hydroxylation is 1. The molecule has 3 nitrogen and oxygen atoms in total. The summed E-state index contributed by atoms with van der Waals surface area (Å²) in [4.78, 5) is 0. The zero-order valence-electron chi connectivity index (χ0n) is 10.4. The molecule has 0 radical (unpaired) electrons. The molecule has 0 spiro atoms. The highest BCUT2D eigenvalue weighted by Crippen LogP contribution is 2.27. The van der Waals surface area contributed by atoms with Crippen LogP contribution in [0.3, 0.4) is 0 Å². The first kappa shape index (κ1) is 11.6. The highest BCUT2D eigenvalue weighted by atomic mass is 15.3. The highest BCUT2D eigenvalue weighted by molar-refractivity contribution is 5.00. The van der Waals surface area contributed by atoms with Crippen LogP contribution in [-0.4, -0.2) is 22.4 Å². The molecule has 1 fully saturated rings. The average molecular weight is 221 g/mol. The fraction of sp³-hybridized carbons (Fsp3) is 0.769. The molecule has 0 amide bonds. The van der Waals surface area contributed by atoms with Gasteiger partial charge in [-0.1, -0.05) is 12.8 Å². The molecule has 0 saturated heterocycles. The molecule has 0 aromatic carbocycles. The summed E-state index contributed by atoms with van der Waals surface area (Å²) in [6.45, 7) is 3.40. The second-order valence-corrected chi connectivity index (χ2v) is 4.98. The molecule has 90 valence electrons. The molecule has 1 heterocycles. The van der Waals surface area contributed by atoms with Gasteiger partial charge in [0.15, 0.2) is 0 Å². The van der Waals surface area contributed by atoms with Crippen LogP contribution < -0.4 is 5.32 Å². The summed E-state index contributed by atoms with van der Waals surface area (Å²) in [5, 5.41) is 7.83. The molecular formula is C13H23N3. The van der Waals surface area contributed by atoms with E-state index in [2.05, 4.69) is 23.4 Å². The molecule has 1 saturated carbocycles. The summed E-state index contributed by atoms with van der Waals surface area (Å²) in [6, 6.07) is 2.78. The smallest absolute Gasteiger partial charge is 0.0492 e. The molecule has 1 unspecified atom stereocenters. The van der Waals surface area contributed by atoms with Crippen molar-refractivity contribution in [1.29, 1.82) is 0 Å². The van der Waals surface area contributed by atoms with E-state index in [0.29, 0.717) is 6.04 Å². The van der Waals surface area contributed by atoms with E-state index in [4.69, 9.17) is 0 Å². The maximum Gasteiger partial charge on any atom is 0.0492 e. The van der Waals surface area contributed by atoms with Crippen molar-refractivity contribution in [2.45, 2.75) is 45.1 Å². The minimum absolute atomic E-state index is 0.677. The summed E-state index contributed by atoms with van der Waals surface area (Å²) in [7, 11) is 2.01. The molecule has 1 atom stereocenters. The van der Waals surface area contributed by atoms with E-state index in [9.17, 15) is 0 Å². The van der Waals surface area contributed by atoms with Gasteiger partial charge < -0.3 is 5.32 Å². The van der Waals surface area contributed by atoms with Crippen molar-refractivity contribution in [3.63, 3.8) is 0 Å². The van der Waals surface area contributed by atoms with Gasteiger partial charge in [-0.3, -0.25) is 4.68 Å². The number of nitrogens with one attached hydrogen (secondary N) is 1. The normalized spacial score (nSPS) is 19.1. The van der Waals surface area contributed by atoms with E-state index >= 15 is 0 Å². The Balaban J connectivity index is 1.69. The lowest BCUT2D eigenvalue weighted by Crippen LogP contribution is -2.33. The highest BCUT2D eigenvalue weighted by Gasteiger charge is 2.20. The molecular weight excluding hydrogens is 198 g/mol. The van der Waals surface area contributed by atoms with Gasteiger partial charge in [-0.2, -0.15) is 5.10 Å². The number of aromatic nitrogens is 2. The van der Waals surface area contributed by atoms with Crippen LogP contribution in [0.2, 0.25) is 0 Å². The lowest BCUT2D eigenvalue weighted by Gasteiger charge is -2.20. The SMILES string of the molecule is CC(NCCc1ccnn1C)C1CCCC1. The van der Waals surface area contributed by atoms with E-state index in [1.165, 1.54) is 31.4 Å². The second-order valence-electron chi connectivity index (χ2n) is 4.98. The molecule has 1 aliphatic carbocycles. The summed E-state index contributed by atoms with van der Waals surface area (Å²) in [6.07, 6.45) is 8.64. The third kappa shape index (κ3) is 2.85. The maximum absolute atomic E-state index is 4.18. The van der Waals surface area contributed by atoms with Crippen LogP contribution >= 0.6 is 0 Å². The maximum atomic E-state index is 4.18. The Bertz CT molecular complexity index is 313. The fourth-order valence-electron chi connectivity index (χ4n) is 2.70. The predicted octanol–water partition coefficient (Wildman–Crippen LogP) is 2.13. The Morgan fingerprint density at radius 1 is 1.50 bits per heavy atom. The summed E-state index contributed by atoms with van der Waals surface area (Å²) in [5.41, 5.74) is 1.31. The first-order valence-electron chi connectivity index (χ1n) is 6.47. The molecule has 1 aliphatic rings. The van der Waals surface area contributed by atoms with Gasteiger partial charge in [-0.15, -0.1) is 0 Å². The minimum Gasteiger partial charge on any atom is -0.314 e. The van der Waals surface area contributed by atoms with Crippen molar-refractivity contribution in [2.24, 2.45) is 13.0 Å². The Kier molecular flexibility index (Phi) is 3.99. The van der Waals surface area contributed by atoms with Crippen molar-refractivity contribution < 1.29 is 0 Å². The first-order valence-corrected chi connectivity index (χ1v) is 6.47. The Hall–Kier alpha value is -0.830. The first-order chi connectivity index (χ1) is 7.77. The van der Waals surface area contributed by atoms with Crippen molar-refractivity contribution >= 4 is 0 Å². The van der Waals surface area contributed by atoms with E-state index in [1.54, 1.807) is 0 Å². The van der Waals surface area contributed by atoms with E-state index in [0.717, 1.165) is 18.9 Å². The zero-order chi connectivity index (χ0) is 11.4. The van der Waals surface area contributed by atoms with Crippen LogP contribution in [-0.2, 0) is 13.5 Å². The fourth-order valence-corrected chi connectivity index (χ4v) is 2.70. The third-order valence-electron chi connectivity index (χ3n) is 3.88. The topological polar surface area (TPSA) is 29.9 Å². The van der Waals surface area contributed by atoms with Crippen molar-refractivity contribution in [2.75, 3.05) is 6.54 Å². The van der Waals surface area contributed by atoms with Crippen LogP contribution in [0, 0.1) is 5.92 Å². The predicted molar refractivity (Wildman–Crippen MR) is 66.3 cm³/mol. The molecule has 2 rings (SSSR count). The number of nitrogens with zero attached hydrogens (tertiary/aromatic N) is 2. The Morgan fingerprint density at radius 2 is 2.25 bits per heavy atom. The molecule has 0 aliphatic heterocycles. The minimum atomic E-state index is 0.677. The van der Waals surface area contributed by atoms with Crippen molar-refractivity contribution in [3.05, 3.63) is 18.0 Å². The Morgan fingerprint density at radius 3 is 2.88 bits per heavy atom. The van der Waals surface area contributed by atoms with Crippen LogP contribution in [0.5, 0.6) is 0 Å². The van der Waals surface area contributed by atoms with E-state index in [1.807, 2.05) is 17.9 Å². The van der Waals surface area contributed by atoms with Gasteiger partial charge in [-0.25, -0.2) is 0 Å². The van der Waals surface area contributed by atoms with Gasteiger partial charge in [0.25, 0.3) is 0 Å². The van der Waals surface area contributed by atoms with Crippen LogP contribution in [0.1, 0.15) is 38.3 Å². The van der Waals surface area contributed by atoms with E-state index in [-0.39, 0.29) is 0 Å². The van der Waals surface area contributed by atoms with Crippen LogP contribution in [0.4, 0.5) is 0 Å². The molecule has 16 heavy (non-hydrogen) atoms. The second kappa shape index (κ2) is 5.48. The molecule has 3 heteroatoms. The van der Waals surface area contributed by atoms with Gasteiger partial charge in [-0.05, 0) is 31.7 Å². The van der Waals surface area contributed by atoms with E-state index < -0.39 is 0 Å². The standard InChI is InChI=1S/C13H23N3/c1-11(12-5-3-4-6-12)14-9-7-13-8-10-15-16(13)2/h8,10-12,14H,3-7,9H2,1-2H3.